The second-order valence-electron chi connectivity index (χ2n) is 6.81. The van der Waals surface area contributed by atoms with Crippen LogP contribution >= 0.6 is 22.6 Å². The lowest BCUT2D eigenvalue weighted by atomic mass is 10.0. The zero-order valence-electron chi connectivity index (χ0n) is 15.0. The molecule has 0 atom stereocenters. The lowest BCUT2D eigenvalue weighted by molar-refractivity contribution is 0.0593. The molecule has 3 rings (SSSR count). The van der Waals surface area contributed by atoms with Crippen molar-refractivity contribution in [1.29, 1.82) is 0 Å². The number of carbonyl (C=O) groups excluding carboxylic acids is 1. The van der Waals surface area contributed by atoms with Crippen LogP contribution in [-0.4, -0.2) is 30.0 Å². The van der Waals surface area contributed by atoms with E-state index in [0.29, 0.717) is 0 Å². The van der Waals surface area contributed by atoms with Gasteiger partial charge in [-0.1, -0.05) is 24.3 Å². The summed E-state index contributed by atoms with van der Waals surface area (Å²) in [6, 6.07) is 12.2. The number of hydrogen-bond donors (Lipinski definition) is 0. The minimum Gasteiger partial charge on any atom is -0.490 e. The molecule has 0 unspecified atom stereocenters. The molecule has 0 N–H and O–H groups in total. The summed E-state index contributed by atoms with van der Waals surface area (Å²) >= 11 is 2.27. The first-order chi connectivity index (χ1) is 12.0. The van der Waals surface area contributed by atoms with Gasteiger partial charge in [-0.3, -0.25) is 4.79 Å². The lowest BCUT2D eigenvalue weighted by Crippen LogP contribution is -2.42. The van der Waals surface area contributed by atoms with Crippen molar-refractivity contribution in [2.75, 3.05) is 13.1 Å². The smallest absolute Gasteiger partial charge is 0.254 e. The fourth-order valence-electron chi connectivity index (χ4n) is 3.17. The number of amides is 1. The van der Waals surface area contributed by atoms with Gasteiger partial charge >= 0.3 is 0 Å². The highest BCUT2D eigenvalue weighted by Crippen LogP contribution is 2.25. The standard InChI is InChI=1S/C21H24INO2/c1-14-7-8-15(2)19(13-14)25-17-9-11-23(12-10-17)21(24)18-6-4-5-16(3)20(18)22/h4-8,13,17H,9-12H2,1-3H3. The highest BCUT2D eigenvalue weighted by Gasteiger charge is 2.26. The van der Waals surface area contributed by atoms with Crippen LogP contribution in [0.1, 0.15) is 39.9 Å². The molecule has 0 aliphatic carbocycles. The Morgan fingerprint density at radius 2 is 1.80 bits per heavy atom. The molecule has 1 aliphatic rings. The first-order valence-electron chi connectivity index (χ1n) is 8.74. The quantitative estimate of drug-likeness (QED) is 0.624. The first-order valence-corrected chi connectivity index (χ1v) is 9.82. The number of ether oxygens (including phenoxy) is 1. The normalized spacial score (nSPS) is 15.3. The Hall–Kier alpha value is -1.56. The summed E-state index contributed by atoms with van der Waals surface area (Å²) in [5.41, 5.74) is 4.34. The average Bonchev–Trinajstić information content (AvgIpc) is 2.61. The van der Waals surface area contributed by atoms with Crippen LogP contribution in [-0.2, 0) is 0 Å². The van der Waals surface area contributed by atoms with E-state index in [9.17, 15) is 4.79 Å². The second kappa shape index (κ2) is 7.77. The summed E-state index contributed by atoms with van der Waals surface area (Å²) in [5, 5.41) is 0. The van der Waals surface area contributed by atoms with Crippen molar-refractivity contribution in [3.63, 3.8) is 0 Å². The van der Waals surface area contributed by atoms with Crippen molar-refractivity contribution in [2.45, 2.75) is 39.7 Å². The Bertz CT molecular complexity index is 779. The van der Waals surface area contributed by atoms with E-state index in [1.807, 2.05) is 30.0 Å². The van der Waals surface area contributed by atoms with E-state index in [-0.39, 0.29) is 12.0 Å². The van der Waals surface area contributed by atoms with Crippen molar-refractivity contribution >= 4 is 28.5 Å². The highest BCUT2D eigenvalue weighted by atomic mass is 127. The molecular weight excluding hydrogens is 425 g/mol. The Morgan fingerprint density at radius 1 is 1.08 bits per heavy atom. The number of rotatable bonds is 3. The minimum absolute atomic E-state index is 0.137. The Balaban J connectivity index is 1.63. The predicted molar refractivity (Wildman–Crippen MR) is 109 cm³/mol. The summed E-state index contributed by atoms with van der Waals surface area (Å²) in [6.45, 7) is 7.70. The van der Waals surface area contributed by atoms with Gasteiger partial charge in [0, 0.05) is 29.5 Å². The number of likely N-dealkylation sites (tertiary alicyclic amines) is 1. The Morgan fingerprint density at radius 3 is 2.52 bits per heavy atom. The number of piperidine rings is 1. The molecule has 3 nitrogen and oxygen atoms in total. The largest absolute Gasteiger partial charge is 0.490 e. The molecule has 1 aliphatic heterocycles. The number of carbonyl (C=O) groups is 1. The third-order valence-electron chi connectivity index (χ3n) is 4.79. The third kappa shape index (κ3) is 4.17. The summed E-state index contributed by atoms with van der Waals surface area (Å²) in [6.07, 6.45) is 1.93. The molecule has 1 fully saturated rings. The summed E-state index contributed by atoms with van der Waals surface area (Å²) in [7, 11) is 0. The molecule has 0 bridgehead atoms. The number of benzene rings is 2. The molecule has 132 valence electrons. The maximum atomic E-state index is 12.8. The van der Waals surface area contributed by atoms with Crippen LogP contribution in [0.5, 0.6) is 5.75 Å². The van der Waals surface area contributed by atoms with E-state index < -0.39 is 0 Å². The number of aryl methyl sites for hydroxylation is 3. The van der Waals surface area contributed by atoms with Crippen LogP contribution in [0.2, 0.25) is 0 Å². The molecular formula is C21H24INO2. The summed E-state index contributed by atoms with van der Waals surface area (Å²) in [4.78, 5) is 14.8. The fourth-order valence-corrected chi connectivity index (χ4v) is 3.76. The van der Waals surface area contributed by atoms with Crippen molar-refractivity contribution in [1.82, 2.24) is 4.90 Å². The lowest BCUT2D eigenvalue weighted by Gasteiger charge is -2.33. The zero-order chi connectivity index (χ0) is 18.0. The van der Waals surface area contributed by atoms with Crippen LogP contribution in [0.25, 0.3) is 0 Å². The monoisotopic (exact) mass is 449 g/mol. The van der Waals surface area contributed by atoms with Gasteiger partial charge in [0.15, 0.2) is 0 Å². The number of hydrogen-bond acceptors (Lipinski definition) is 2. The van der Waals surface area contributed by atoms with Gasteiger partial charge in [-0.2, -0.15) is 0 Å². The Kier molecular flexibility index (Phi) is 5.67. The molecule has 4 heteroatoms. The molecule has 0 radical (unpaired) electrons. The van der Waals surface area contributed by atoms with E-state index in [2.05, 4.69) is 54.6 Å². The molecule has 25 heavy (non-hydrogen) atoms. The van der Waals surface area contributed by atoms with E-state index >= 15 is 0 Å². The van der Waals surface area contributed by atoms with Gasteiger partial charge < -0.3 is 9.64 Å². The van der Waals surface area contributed by atoms with E-state index in [4.69, 9.17) is 4.74 Å². The maximum Gasteiger partial charge on any atom is 0.254 e. The topological polar surface area (TPSA) is 29.5 Å². The van der Waals surface area contributed by atoms with Crippen LogP contribution < -0.4 is 4.74 Å². The molecule has 1 saturated heterocycles. The molecule has 0 saturated carbocycles. The molecule has 2 aromatic rings. The fraction of sp³-hybridized carbons (Fsp3) is 0.381. The van der Waals surface area contributed by atoms with Gasteiger partial charge in [-0.15, -0.1) is 0 Å². The van der Waals surface area contributed by atoms with Crippen molar-refractivity contribution in [2.24, 2.45) is 0 Å². The van der Waals surface area contributed by atoms with E-state index in [1.54, 1.807) is 0 Å². The SMILES string of the molecule is Cc1ccc(C)c(OC2CCN(C(=O)c3cccc(C)c3I)CC2)c1. The van der Waals surface area contributed by atoms with Gasteiger partial charge in [-0.25, -0.2) is 0 Å². The summed E-state index contributed by atoms with van der Waals surface area (Å²) in [5.74, 6) is 1.11. The van der Waals surface area contributed by atoms with Gasteiger partial charge in [0.25, 0.3) is 5.91 Å². The van der Waals surface area contributed by atoms with Crippen LogP contribution in [0.15, 0.2) is 36.4 Å². The van der Waals surface area contributed by atoms with Crippen LogP contribution in [0.4, 0.5) is 0 Å². The van der Waals surface area contributed by atoms with Crippen LogP contribution in [0.3, 0.4) is 0 Å². The van der Waals surface area contributed by atoms with Crippen molar-refractivity contribution in [3.05, 3.63) is 62.2 Å². The molecule has 0 aromatic heterocycles. The highest BCUT2D eigenvalue weighted by molar-refractivity contribution is 14.1. The number of nitrogens with zero attached hydrogens (tertiary/aromatic N) is 1. The van der Waals surface area contributed by atoms with Gasteiger partial charge in [0.05, 0.1) is 5.56 Å². The maximum absolute atomic E-state index is 12.8. The van der Waals surface area contributed by atoms with E-state index in [1.165, 1.54) is 11.1 Å². The molecule has 1 heterocycles. The van der Waals surface area contributed by atoms with Crippen molar-refractivity contribution < 1.29 is 9.53 Å². The molecule has 2 aromatic carbocycles. The Labute approximate surface area is 163 Å². The van der Waals surface area contributed by atoms with E-state index in [0.717, 1.165) is 46.4 Å². The van der Waals surface area contributed by atoms with Gasteiger partial charge in [-0.05, 0) is 72.2 Å². The minimum atomic E-state index is 0.137. The first kappa shape index (κ1) is 18.2. The van der Waals surface area contributed by atoms with Gasteiger partial charge in [0.2, 0.25) is 0 Å². The average molecular weight is 449 g/mol. The van der Waals surface area contributed by atoms with Crippen LogP contribution in [0, 0.1) is 24.3 Å². The summed E-state index contributed by atoms with van der Waals surface area (Å²) < 4.78 is 7.26. The molecule has 1 amide bonds. The van der Waals surface area contributed by atoms with Gasteiger partial charge in [0.1, 0.15) is 11.9 Å². The zero-order valence-corrected chi connectivity index (χ0v) is 17.2. The van der Waals surface area contributed by atoms with Crippen molar-refractivity contribution in [3.8, 4) is 5.75 Å². The second-order valence-corrected chi connectivity index (χ2v) is 7.89. The third-order valence-corrected chi connectivity index (χ3v) is 6.22. The number of halogens is 1. The predicted octanol–water partition coefficient (Wildman–Crippen LogP) is 4.90. The molecule has 0 spiro atoms.